The van der Waals surface area contributed by atoms with Crippen LogP contribution in [0.5, 0.6) is 0 Å². The van der Waals surface area contributed by atoms with Crippen LogP contribution in [-0.2, 0) is 9.84 Å². The molecule has 3 aromatic rings. The molecule has 26 heavy (non-hydrogen) atoms. The van der Waals surface area contributed by atoms with E-state index in [0.717, 1.165) is 29.2 Å². The number of aliphatic hydroxyl groups excluding tert-OH is 1. The number of hydrogen-bond donors (Lipinski definition) is 2. The molecule has 12 heteroatoms. The number of alkyl halides is 3. The topological polar surface area (TPSA) is 123 Å². The van der Waals surface area contributed by atoms with Gasteiger partial charge >= 0.3 is 6.18 Å². The molecule has 0 aliphatic heterocycles. The second-order valence-corrected chi connectivity index (χ2v) is 7.47. The van der Waals surface area contributed by atoms with Gasteiger partial charge in [0, 0.05) is 23.6 Å². The molecule has 3 heterocycles. The van der Waals surface area contributed by atoms with Crippen molar-refractivity contribution in [2.24, 2.45) is 0 Å². The summed E-state index contributed by atoms with van der Waals surface area (Å²) in [5.74, 6) is -0.138. The van der Waals surface area contributed by atoms with E-state index in [0.29, 0.717) is 11.1 Å². The van der Waals surface area contributed by atoms with Crippen LogP contribution >= 0.6 is 0 Å². The van der Waals surface area contributed by atoms with E-state index in [1.54, 1.807) is 0 Å². The van der Waals surface area contributed by atoms with Gasteiger partial charge in [-0.25, -0.2) is 13.4 Å². The van der Waals surface area contributed by atoms with Crippen molar-refractivity contribution >= 4 is 21.3 Å². The molecule has 0 bridgehead atoms. The summed E-state index contributed by atoms with van der Waals surface area (Å²) in [6, 6.07) is 2.35. The van der Waals surface area contributed by atoms with Gasteiger partial charge in [0.25, 0.3) is 0 Å². The zero-order valence-electron chi connectivity index (χ0n) is 13.1. The van der Waals surface area contributed by atoms with Crippen LogP contribution in [0, 0.1) is 0 Å². The van der Waals surface area contributed by atoms with Gasteiger partial charge < -0.3 is 10.8 Å². The minimum atomic E-state index is -4.82. The van der Waals surface area contributed by atoms with Crippen LogP contribution in [0.2, 0.25) is 0 Å². The van der Waals surface area contributed by atoms with Gasteiger partial charge in [-0.1, -0.05) is 6.07 Å². The first-order valence-electron chi connectivity index (χ1n) is 7.03. The highest BCUT2D eigenvalue weighted by Gasteiger charge is 2.40. The van der Waals surface area contributed by atoms with Gasteiger partial charge in [0.2, 0.25) is 0 Å². The van der Waals surface area contributed by atoms with Crippen LogP contribution in [0.1, 0.15) is 11.8 Å². The van der Waals surface area contributed by atoms with Gasteiger partial charge in [-0.15, -0.1) is 0 Å². The number of nitrogens with two attached hydrogens (primary N) is 1. The fraction of sp³-hybridized carbons (Fsp3) is 0.214. The first kappa shape index (κ1) is 18.1. The SMILES string of the molecule is CS(=O)(=O)c1cnc2c(-c3ccc(C(O)C(F)(F)F)nc3)cnn2c1N. The molecule has 0 saturated heterocycles. The van der Waals surface area contributed by atoms with Gasteiger partial charge in [-0.05, 0) is 6.07 Å². The van der Waals surface area contributed by atoms with E-state index in [1.165, 1.54) is 12.3 Å². The van der Waals surface area contributed by atoms with Gasteiger partial charge in [-0.3, -0.25) is 4.98 Å². The number of fused-ring (bicyclic) bond motifs is 1. The van der Waals surface area contributed by atoms with Gasteiger partial charge in [-0.2, -0.15) is 22.8 Å². The number of rotatable bonds is 3. The van der Waals surface area contributed by atoms with Crippen molar-refractivity contribution in [2.75, 3.05) is 12.0 Å². The zero-order chi connectivity index (χ0) is 19.3. The van der Waals surface area contributed by atoms with Crippen molar-refractivity contribution in [1.82, 2.24) is 19.6 Å². The number of anilines is 1. The second kappa shape index (κ2) is 5.92. The largest absolute Gasteiger partial charge is 0.420 e. The summed E-state index contributed by atoms with van der Waals surface area (Å²) in [6.07, 6.45) is -2.99. The molecule has 3 rings (SSSR count). The quantitative estimate of drug-likeness (QED) is 0.696. The lowest BCUT2D eigenvalue weighted by Crippen LogP contribution is -2.21. The predicted octanol–water partition coefficient (Wildman–Crippen LogP) is 1.37. The highest BCUT2D eigenvalue weighted by molar-refractivity contribution is 7.90. The lowest BCUT2D eigenvalue weighted by molar-refractivity contribution is -0.207. The maximum atomic E-state index is 12.5. The van der Waals surface area contributed by atoms with Crippen LogP contribution in [0.3, 0.4) is 0 Å². The van der Waals surface area contributed by atoms with Crippen LogP contribution in [0.15, 0.2) is 35.6 Å². The van der Waals surface area contributed by atoms with E-state index < -0.39 is 27.8 Å². The van der Waals surface area contributed by atoms with Gasteiger partial charge in [0.15, 0.2) is 21.6 Å². The van der Waals surface area contributed by atoms with Crippen LogP contribution in [-0.4, -0.2) is 45.5 Å². The molecule has 0 saturated carbocycles. The molecule has 1 unspecified atom stereocenters. The molecule has 0 radical (unpaired) electrons. The summed E-state index contributed by atoms with van der Waals surface area (Å²) in [4.78, 5) is 7.46. The van der Waals surface area contributed by atoms with E-state index in [9.17, 15) is 26.7 Å². The number of aromatic nitrogens is 4. The summed E-state index contributed by atoms with van der Waals surface area (Å²) in [6.45, 7) is 0. The Morgan fingerprint density at radius 2 is 1.88 bits per heavy atom. The monoisotopic (exact) mass is 387 g/mol. The third-order valence-corrected chi connectivity index (χ3v) is 4.73. The second-order valence-electron chi connectivity index (χ2n) is 5.49. The predicted molar refractivity (Wildman–Crippen MR) is 84.8 cm³/mol. The summed E-state index contributed by atoms with van der Waals surface area (Å²) in [5, 5.41) is 13.2. The lowest BCUT2D eigenvalue weighted by Gasteiger charge is -2.13. The minimum Gasteiger partial charge on any atom is -0.382 e. The van der Waals surface area contributed by atoms with Crippen molar-refractivity contribution in [3.63, 3.8) is 0 Å². The molecule has 0 spiro atoms. The van der Waals surface area contributed by atoms with E-state index in [-0.39, 0.29) is 16.4 Å². The van der Waals surface area contributed by atoms with Crippen LogP contribution < -0.4 is 5.73 Å². The Hall–Kier alpha value is -2.73. The van der Waals surface area contributed by atoms with Crippen molar-refractivity contribution in [1.29, 1.82) is 0 Å². The Balaban J connectivity index is 2.06. The van der Waals surface area contributed by atoms with E-state index in [1.807, 2.05) is 0 Å². The van der Waals surface area contributed by atoms with E-state index >= 15 is 0 Å². The molecule has 3 aromatic heterocycles. The highest BCUT2D eigenvalue weighted by Crippen LogP contribution is 2.32. The van der Waals surface area contributed by atoms with Crippen LogP contribution in [0.25, 0.3) is 16.8 Å². The number of pyridine rings is 1. The maximum Gasteiger partial charge on any atom is 0.420 e. The number of sulfone groups is 1. The Bertz CT molecular complexity index is 1080. The molecular weight excluding hydrogens is 375 g/mol. The fourth-order valence-electron chi connectivity index (χ4n) is 2.32. The van der Waals surface area contributed by atoms with Gasteiger partial charge in [0.05, 0.1) is 18.1 Å². The molecule has 3 N–H and O–H groups in total. The summed E-state index contributed by atoms with van der Waals surface area (Å²) >= 11 is 0. The maximum absolute atomic E-state index is 12.5. The first-order chi connectivity index (χ1) is 12.0. The standard InChI is InChI=1S/C14H12F3N5O3S/c1-26(24,25)10-6-20-13-8(5-21-22(13)12(10)18)7-2-3-9(19-4-7)11(23)14(15,16)17/h2-6,11,23H,18H2,1H3. The normalized spacial score (nSPS) is 13.9. The zero-order valence-corrected chi connectivity index (χ0v) is 14.0. The smallest absolute Gasteiger partial charge is 0.382 e. The molecule has 0 aliphatic carbocycles. The Morgan fingerprint density at radius 1 is 1.19 bits per heavy atom. The lowest BCUT2D eigenvalue weighted by atomic mass is 10.1. The third-order valence-electron chi connectivity index (χ3n) is 3.62. The number of halogens is 3. The average Bonchev–Trinajstić information content (AvgIpc) is 2.97. The molecule has 1 atom stereocenters. The minimum absolute atomic E-state index is 0.138. The molecule has 0 aliphatic rings. The number of nitrogens with zero attached hydrogens (tertiary/aromatic N) is 4. The summed E-state index contributed by atoms with van der Waals surface area (Å²) in [5.41, 5.74) is 6.23. The Kier molecular flexibility index (Phi) is 4.11. The number of nitrogen functional groups attached to an aromatic ring is 1. The molecular formula is C14H12F3N5O3S. The first-order valence-corrected chi connectivity index (χ1v) is 8.92. The van der Waals surface area contributed by atoms with Crippen molar-refractivity contribution in [3.05, 3.63) is 36.4 Å². The average molecular weight is 387 g/mol. The third kappa shape index (κ3) is 3.08. The molecule has 0 amide bonds. The molecule has 8 nitrogen and oxygen atoms in total. The van der Waals surface area contributed by atoms with Crippen molar-refractivity contribution in [3.8, 4) is 11.1 Å². The Morgan fingerprint density at radius 3 is 2.42 bits per heavy atom. The fourth-order valence-corrected chi connectivity index (χ4v) is 3.03. The summed E-state index contributed by atoms with van der Waals surface area (Å²) < 4.78 is 62.0. The van der Waals surface area contributed by atoms with E-state index in [2.05, 4.69) is 15.1 Å². The number of aliphatic hydroxyl groups is 1. The summed E-state index contributed by atoms with van der Waals surface area (Å²) in [7, 11) is -3.60. The number of hydrogen-bond acceptors (Lipinski definition) is 7. The molecule has 138 valence electrons. The Labute approximate surface area is 145 Å². The van der Waals surface area contributed by atoms with Crippen LogP contribution in [0.4, 0.5) is 19.0 Å². The van der Waals surface area contributed by atoms with Crippen molar-refractivity contribution < 1.29 is 26.7 Å². The van der Waals surface area contributed by atoms with Gasteiger partial charge in [0.1, 0.15) is 10.7 Å². The van der Waals surface area contributed by atoms with Crippen molar-refractivity contribution in [2.45, 2.75) is 17.2 Å². The highest BCUT2D eigenvalue weighted by atomic mass is 32.2. The molecule has 0 fully saturated rings. The van der Waals surface area contributed by atoms with E-state index in [4.69, 9.17) is 5.73 Å². The molecule has 0 aromatic carbocycles.